The fourth-order valence-corrected chi connectivity index (χ4v) is 7.17. The number of aromatic nitrogens is 2. The first-order valence-electron chi connectivity index (χ1n) is 14.3. The number of rotatable bonds is 6. The molecule has 8 heteroatoms. The summed E-state index contributed by atoms with van der Waals surface area (Å²) in [6.07, 6.45) is 4.89. The van der Waals surface area contributed by atoms with Crippen LogP contribution in [0.3, 0.4) is 0 Å². The molecule has 3 aromatic carbocycles. The summed E-state index contributed by atoms with van der Waals surface area (Å²) in [5, 5.41) is 7.80. The van der Waals surface area contributed by atoms with Gasteiger partial charge in [-0.15, -0.1) is 0 Å². The zero-order chi connectivity index (χ0) is 29.5. The van der Waals surface area contributed by atoms with E-state index in [-0.39, 0.29) is 17.1 Å². The lowest BCUT2D eigenvalue weighted by atomic mass is 9.68. The molecule has 0 saturated carbocycles. The predicted molar refractivity (Wildman–Crippen MR) is 164 cm³/mol. The molecule has 1 unspecified atom stereocenters. The summed E-state index contributed by atoms with van der Waals surface area (Å²) in [4.78, 5) is 14.9. The van der Waals surface area contributed by atoms with Crippen molar-refractivity contribution in [2.24, 2.45) is 5.41 Å². The number of piperidine rings is 1. The Hall–Kier alpha value is -3.88. The van der Waals surface area contributed by atoms with Crippen molar-refractivity contribution in [3.8, 4) is 5.69 Å². The first kappa shape index (κ1) is 28.2. The Bertz CT molecular complexity index is 1660. The van der Waals surface area contributed by atoms with Crippen molar-refractivity contribution < 1.29 is 13.4 Å². The first-order chi connectivity index (χ1) is 20.1. The SMILES string of the molecule is CC(C)(C)c1ccc(S(=O)N2CCC3=Cc4c(cnn4-c4ccc(F)cc4)C[C@]3(C(=O)NCc3ccccc3)C2)cc1. The number of amides is 1. The Morgan fingerprint density at radius 1 is 1.02 bits per heavy atom. The average Bonchev–Trinajstić information content (AvgIpc) is 3.40. The Morgan fingerprint density at radius 3 is 2.43 bits per heavy atom. The van der Waals surface area contributed by atoms with Crippen LogP contribution in [-0.2, 0) is 34.2 Å². The maximum atomic E-state index is 14.2. The van der Waals surface area contributed by atoms with Crippen molar-refractivity contribution in [1.82, 2.24) is 19.4 Å². The Balaban J connectivity index is 1.33. The summed E-state index contributed by atoms with van der Waals surface area (Å²) in [6.45, 7) is 7.77. The molecule has 2 aliphatic rings. The third-order valence-electron chi connectivity index (χ3n) is 8.34. The van der Waals surface area contributed by atoms with Crippen LogP contribution < -0.4 is 5.32 Å². The van der Waals surface area contributed by atoms with Crippen molar-refractivity contribution in [1.29, 1.82) is 0 Å². The third kappa shape index (κ3) is 5.37. The molecule has 2 heterocycles. The van der Waals surface area contributed by atoms with E-state index in [0.29, 0.717) is 32.5 Å². The van der Waals surface area contributed by atoms with Crippen LogP contribution in [0, 0.1) is 11.2 Å². The minimum absolute atomic E-state index is 0.00387. The van der Waals surface area contributed by atoms with Gasteiger partial charge in [-0.05, 0) is 83.0 Å². The zero-order valence-corrected chi connectivity index (χ0v) is 25.0. The molecule has 1 aliphatic heterocycles. The van der Waals surface area contributed by atoms with Crippen LogP contribution in [0.5, 0.6) is 0 Å². The van der Waals surface area contributed by atoms with Gasteiger partial charge >= 0.3 is 0 Å². The van der Waals surface area contributed by atoms with Gasteiger partial charge in [0.25, 0.3) is 0 Å². The second-order valence-electron chi connectivity index (χ2n) is 12.2. The van der Waals surface area contributed by atoms with E-state index in [2.05, 4.69) is 37.3 Å². The molecule has 1 aromatic heterocycles. The number of hydrogen-bond acceptors (Lipinski definition) is 3. The van der Waals surface area contributed by atoms with E-state index in [1.165, 1.54) is 17.7 Å². The average molecular weight is 583 g/mol. The minimum Gasteiger partial charge on any atom is -0.351 e. The molecule has 1 amide bonds. The largest absolute Gasteiger partial charge is 0.351 e. The highest BCUT2D eigenvalue weighted by molar-refractivity contribution is 7.82. The highest BCUT2D eigenvalue weighted by Crippen LogP contribution is 2.45. The number of carbonyl (C=O) groups excluding carboxylic acids is 1. The molecule has 42 heavy (non-hydrogen) atoms. The van der Waals surface area contributed by atoms with Crippen LogP contribution in [-0.4, -0.2) is 37.3 Å². The minimum atomic E-state index is -1.42. The van der Waals surface area contributed by atoms with Crippen molar-refractivity contribution in [3.63, 3.8) is 0 Å². The van der Waals surface area contributed by atoms with E-state index in [1.54, 1.807) is 23.0 Å². The second kappa shape index (κ2) is 11.1. The van der Waals surface area contributed by atoms with Gasteiger partial charge in [0, 0.05) is 19.6 Å². The van der Waals surface area contributed by atoms with E-state index in [9.17, 15) is 13.4 Å². The number of fused-ring (bicyclic) bond motifs is 2. The number of nitrogens with zero attached hydrogens (tertiary/aromatic N) is 3. The third-order valence-corrected chi connectivity index (χ3v) is 9.80. The number of halogens is 1. The quantitative estimate of drug-likeness (QED) is 0.304. The predicted octanol–water partition coefficient (Wildman–Crippen LogP) is 5.98. The Morgan fingerprint density at radius 2 is 1.74 bits per heavy atom. The summed E-state index contributed by atoms with van der Waals surface area (Å²) < 4.78 is 31.2. The molecular weight excluding hydrogens is 547 g/mol. The standard InChI is InChI=1S/C34H35FN4O2S/c1-33(2,3)26-9-15-30(16-10-26)42(41)38-18-17-27-19-31-25(22-37-39(31)29-13-11-28(35)12-14-29)20-34(27,23-38)32(40)36-21-24-7-5-4-6-8-24/h4-16,19,22H,17-18,20-21,23H2,1-3H3,(H,36,40)/t34-,42?/m0/s1. The number of hydrogen-bond donors (Lipinski definition) is 1. The van der Waals surface area contributed by atoms with Gasteiger partial charge in [0.15, 0.2) is 0 Å². The normalized spacial score (nSPS) is 19.4. The summed E-state index contributed by atoms with van der Waals surface area (Å²) >= 11 is 0. The van der Waals surface area contributed by atoms with Gasteiger partial charge in [0.05, 0.1) is 27.9 Å². The van der Waals surface area contributed by atoms with Crippen LogP contribution in [0.1, 0.15) is 49.6 Å². The van der Waals surface area contributed by atoms with Crippen LogP contribution in [0.2, 0.25) is 0 Å². The summed E-state index contributed by atoms with van der Waals surface area (Å²) in [5.41, 5.74) is 4.90. The Kier molecular flexibility index (Phi) is 7.45. The van der Waals surface area contributed by atoms with E-state index >= 15 is 0 Å². The monoisotopic (exact) mass is 582 g/mol. The van der Waals surface area contributed by atoms with Crippen molar-refractivity contribution >= 4 is 23.0 Å². The van der Waals surface area contributed by atoms with Crippen molar-refractivity contribution in [2.45, 2.75) is 50.5 Å². The van der Waals surface area contributed by atoms with Crippen LogP contribution in [0.25, 0.3) is 11.8 Å². The maximum Gasteiger partial charge on any atom is 0.232 e. The fraction of sp³-hybridized carbons (Fsp3) is 0.294. The van der Waals surface area contributed by atoms with Gasteiger partial charge in [-0.1, -0.05) is 63.2 Å². The van der Waals surface area contributed by atoms with Gasteiger partial charge in [-0.25, -0.2) is 17.6 Å². The van der Waals surface area contributed by atoms with E-state index in [4.69, 9.17) is 0 Å². The Labute approximate surface area is 248 Å². The first-order valence-corrected chi connectivity index (χ1v) is 15.4. The molecule has 0 radical (unpaired) electrons. The molecular formula is C34H35FN4O2S. The van der Waals surface area contributed by atoms with Crippen LogP contribution >= 0.6 is 0 Å². The van der Waals surface area contributed by atoms with E-state index in [1.807, 2.05) is 58.9 Å². The zero-order valence-electron chi connectivity index (χ0n) is 24.1. The molecule has 0 bridgehead atoms. The van der Waals surface area contributed by atoms with E-state index in [0.717, 1.165) is 33.0 Å². The highest BCUT2D eigenvalue weighted by atomic mass is 32.2. The fourth-order valence-electron chi connectivity index (χ4n) is 5.91. The van der Waals surface area contributed by atoms with Crippen LogP contribution in [0.4, 0.5) is 4.39 Å². The molecule has 216 valence electrons. The second-order valence-corrected chi connectivity index (χ2v) is 13.7. The van der Waals surface area contributed by atoms with Gasteiger partial charge in [0.1, 0.15) is 16.8 Å². The van der Waals surface area contributed by atoms with Crippen molar-refractivity contribution in [3.05, 3.63) is 119 Å². The lowest BCUT2D eigenvalue weighted by Gasteiger charge is -2.44. The van der Waals surface area contributed by atoms with Gasteiger partial charge in [-0.2, -0.15) is 5.10 Å². The van der Waals surface area contributed by atoms with Crippen LogP contribution in [0.15, 0.2) is 95.5 Å². The smallest absolute Gasteiger partial charge is 0.232 e. The number of carbonyl (C=O) groups is 1. The molecule has 1 fully saturated rings. The lowest BCUT2D eigenvalue weighted by Crippen LogP contribution is -2.55. The molecule has 1 N–H and O–H groups in total. The molecule has 2 atom stereocenters. The molecule has 1 aliphatic carbocycles. The number of benzene rings is 3. The number of nitrogens with one attached hydrogen (secondary N) is 1. The molecule has 6 rings (SSSR count). The summed E-state index contributed by atoms with van der Waals surface area (Å²) in [5.74, 6) is -0.386. The molecule has 6 nitrogen and oxygen atoms in total. The lowest BCUT2D eigenvalue weighted by molar-refractivity contribution is -0.130. The molecule has 0 spiro atoms. The molecule has 4 aromatic rings. The van der Waals surface area contributed by atoms with Gasteiger partial charge in [-0.3, -0.25) is 4.79 Å². The summed E-state index contributed by atoms with van der Waals surface area (Å²) in [7, 11) is -1.42. The topological polar surface area (TPSA) is 67.2 Å². The van der Waals surface area contributed by atoms with Gasteiger partial charge < -0.3 is 5.32 Å². The van der Waals surface area contributed by atoms with Crippen molar-refractivity contribution in [2.75, 3.05) is 13.1 Å². The maximum absolute atomic E-state index is 14.2. The summed E-state index contributed by atoms with van der Waals surface area (Å²) in [6, 6.07) is 24.1. The highest BCUT2D eigenvalue weighted by Gasteiger charge is 2.49. The molecule has 1 saturated heterocycles. The van der Waals surface area contributed by atoms with E-state index < -0.39 is 16.4 Å². The van der Waals surface area contributed by atoms with Gasteiger partial charge in [0.2, 0.25) is 5.91 Å².